The number of fused-ring (bicyclic) bond motifs is 1. The quantitative estimate of drug-likeness (QED) is 0.824. The minimum absolute atomic E-state index is 0.0487. The summed E-state index contributed by atoms with van der Waals surface area (Å²) in [5.41, 5.74) is 0.594. The molecule has 1 amide bonds. The van der Waals surface area contributed by atoms with E-state index in [1.54, 1.807) is 32.4 Å². The van der Waals surface area contributed by atoms with E-state index in [0.29, 0.717) is 11.1 Å². The van der Waals surface area contributed by atoms with E-state index in [-0.39, 0.29) is 5.56 Å². The highest BCUT2D eigenvalue weighted by molar-refractivity contribution is 6.00. The Hall–Kier alpha value is -2.70. The molecule has 2 rings (SSSR count). The van der Waals surface area contributed by atoms with Crippen LogP contribution in [0, 0.1) is 6.92 Å². The van der Waals surface area contributed by atoms with Crippen LogP contribution in [0.4, 0.5) is 0 Å². The molecular formula is C13H13N3O4. The zero-order valence-electron chi connectivity index (χ0n) is 11.0. The first-order valence-electron chi connectivity index (χ1n) is 5.86. The molecule has 0 unspecified atom stereocenters. The van der Waals surface area contributed by atoms with Crippen LogP contribution in [-0.4, -0.2) is 33.1 Å². The number of pyridine rings is 2. The summed E-state index contributed by atoms with van der Waals surface area (Å²) in [7, 11) is 1.54. The van der Waals surface area contributed by atoms with Gasteiger partial charge in [-0.25, -0.2) is 0 Å². The Balaban J connectivity index is 2.62. The third-order valence-electron chi connectivity index (χ3n) is 3.09. The molecular weight excluding hydrogens is 262 g/mol. The average Bonchev–Trinajstić information content (AvgIpc) is 2.43. The molecule has 0 fully saturated rings. The first kappa shape index (κ1) is 13.7. The minimum Gasteiger partial charge on any atom is -0.480 e. The molecule has 0 saturated carbocycles. The van der Waals surface area contributed by atoms with Gasteiger partial charge in [-0.2, -0.15) is 0 Å². The molecule has 0 aliphatic rings. The van der Waals surface area contributed by atoms with Crippen molar-refractivity contribution in [2.75, 3.05) is 6.54 Å². The third-order valence-corrected chi connectivity index (χ3v) is 3.09. The molecule has 7 heteroatoms. The predicted molar refractivity (Wildman–Crippen MR) is 71.7 cm³/mol. The SMILES string of the molecule is Cc1c(C(=O)NCC(=O)O)c(=O)n(C)c2cnccc12. The second kappa shape index (κ2) is 5.12. The van der Waals surface area contributed by atoms with Crippen LogP contribution in [0.25, 0.3) is 10.9 Å². The topological polar surface area (TPSA) is 101 Å². The van der Waals surface area contributed by atoms with Crippen molar-refractivity contribution in [3.63, 3.8) is 0 Å². The molecule has 0 aromatic carbocycles. The van der Waals surface area contributed by atoms with E-state index in [2.05, 4.69) is 10.3 Å². The Morgan fingerprint density at radius 1 is 1.45 bits per heavy atom. The first-order chi connectivity index (χ1) is 9.43. The van der Waals surface area contributed by atoms with Crippen LogP contribution in [-0.2, 0) is 11.8 Å². The Bertz CT molecular complexity index is 764. The number of carbonyl (C=O) groups excluding carboxylic acids is 1. The second-order valence-electron chi connectivity index (χ2n) is 4.33. The predicted octanol–water partition coefficient (Wildman–Crippen LogP) is 0.0563. The monoisotopic (exact) mass is 275 g/mol. The highest BCUT2D eigenvalue weighted by Gasteiger charge is 2.18. The number of nitrogens with zero attached hydrogens (tertiary/aromatic N) is 2. The summed E-state index contributed by atoms with van der Waals surface area (Å²) in [5.74, 6) is -1.86. The van der Waals surface area contributed by atoms with E-state index in [9.17, 15) is 14.4 Å². The van der Waals surface area contributed by atoms with E-state index < -0.39 is 24.0 Å². The molecule has 0 spiro atoms. The Morgan fingerprint density at radius 2 is 2.15 bits per heavy atom. The van der Waals surface area contributed by atoms with E-state index in [1.807, 2.05) is 0 Å². The van der Waals surface area contributed by atoms with Crippen LogP contribution in [0.15, 0.2) is 23.3 Å². The molecule has 20 heavy (non-hydrogen) atoms. The van der Waals surface area contributed by atoms with Crippen molar-refractivity contribution in [2.45, 2.75) is 6.92 Å². The second-order valence-corrected chi connectivity index (χ2v) is 4.33. The lowest BCUT2D eigenvalue weighted by atomic mass is 10.1. The smallest absolute Gasteiger partial charge is 0.322 e. The molecule has 104 valence electrons. The summed E-state index contributed by atoms with van der Waals surface area (Å²) in [6, 6.07) is 1.71. The van der Waals surface area contributed by atoms with Gasteiger partial charge in [0.2, 0.25) is 0 Å². The number of aromatic nitrogens is 2. The lowest BCUT2D eigenvalue weighted by Gasteiger charge is -2.12. The molecule has 2 aromatic rings. The van der Waals surface area contributed by atoms with Gasteiger partial charge >= 0.3 is 5.97 Å². The number of hydrogen-bond donors (Lipinski definition) is 2. The fourth-order valence-corrected chi connectivity index (χ4v) is 2.05. The van der Waals surface area contributed by atoms with Crippen molar-refractivity contribution < 1.29 is 14.7 Å². The Morgan fingerprint density at radius 3 is 2.80 bits per heavy atom. The van der Waals surface area contributed by atoms with Gasteiger partial charge in [0.05, 0.1) is 11.7 Å². The van der Waals surface area contributed by atoms with E-state index in [4.69, 9.17) is 5.11 Å². The molecule has 2 N–H and O–H groups in total. The maximum absolute atomic E-state index is 12.2. The summed E-state index contributed by atoms with van der Waals surface area (Å²) in [4.78, 5) is 38.6. The molecule has 0 aliphatic carbocycles. The summed E-state index contributed by atoms with van der Waals surface area (Å²) >= 11 is 0. The van der Waals surface area contributed by atoms with Crippen molar-refractivity contribution in [1.82, 2.24) is 14.9 Å². The normalized spacial score (nSPS) is 10.5. The number of hydrogen-bond acceptors (Lipinski definition) is 4. The van der Waals surface area contributed by atoms with Crippen LogP contribution in [0.5, 0.6) is 0 Å². The largest absolute Gasteiger partial charge is 0.480 e. The highest BCUT2D eigenvalue weighted by atomic mass is 16.4. The number of carbonyl (C=O) groups is 2. The zero-order chi connectivity index (χ0) is 14.9. The summed E-state index contributed by atoms with van der Waals surface area (Å²) in [5, 5.41) is 11.5. The highest BCUT2D eigenvalue weighted by Crippen LogP contribution is 2.17. The maximum Gasteiger partial charge on any atom is 0.322 e. The van der Waals surface area contributed by atoms with Gasteiger partial charge in [-0.05, 0) is 18.6 Å². The molecule has 0 saturated heterocycles. The number of aliphatic carboxylic acids is 1. The van der Waals surface area contributed by atoms with Gasteiger partial charge in [-0.3, -0.25) is 19.4 Å². The van der Waals surface area contributed by atoms with Gasteiger partial charge in [-0.1, -0.05) is 0 Å². The standard InChI is InChI=1S/C13H13N3O4/c1-7-8-3-4-14-5-9(8)16(2)13(20)11(7)12(19)15-6-10(17)18/h3-5H,6H2,1-2H3,(H,15,19)(H,17,18). The van der Waals surface area contributed by atoms with Crippen molar-refractivity contribution >= 4 is 22.8 Å². The summed E-state index contributed by atoms with van der Waals surface area (Å²) < 4.78 is 1.32. The van der Waals surface area contributed by atoms with Crippen molar-refractivity contribution in [3.8, 4) is 0 Å². The Kier molecular flexibility index (Phi) is 3.51. The van der Waals surface area contributed by atoms with Crippen LogP contribution >= 0.6 is 0 Å². The van der Waals surface area contributed by atoms with Crippen LogP contribution in [0.3, 0.4) is 0 Å². The molecule has 7 nitrogen and oxygen atoms in total. The fraction of sp³-hybridized carbons (Fsp3) is 0.231. The zero-order valence-corrected chi connectivity index (χ0v) is 11.0. The van der Waals surface area contributed by atoms with Crippen molar-refractivity contribution in [3.05, 3.63) is 39.9 Å². The number of carboxylic acids is 1. The number of carboxylic acid groups (broad SMARTS) is 1. The van der Waals surface area contributed by atoms with E-state index in [1.165, 1.54) is 4.57 Å². The van der Waals surface area contributed by atoms with Crippen LogP contribution in [0.1, 0.15) is 15.9 Å². The number of amides is 1. The molecule has 0 atom stereocenters. The van der Waals surface area contributed by atoms with E-state index in [0.717, 1.165) is 5.39 Å². The fourth-order valence-electron chi connectivity index (χ4n) is 2.05. The molecule has 2 heterocycles. The van der Waals surface area contributed by atoms with Gasteiger partial charge < -0.3 is 15.0 Å². The minimum atomic E-state index is -1.17. The molecule has 0 bridgehead atoms. The molecule has 0 radical (unpaired) electrons. The summed E-state index contributed by atoms with van der Waals surface area (Å²) in [6.45, 7) is 1.12. The third kappa shape index (κ3) is 2.25. The van der Waals surface area contributed by atoms with Crippen molar-refractivity contribution in [2.24, 2.45) is 7.05 Å². The Labute approximate surface area is 113 Å². The van der Waals surface area contributed by atoms with Crippen molar-refractivity contribution in [1.29, 1.82) is 0 Å². The van der Waals surface area contributed by atoms with Gasteiger partial charge in [0.1, 0.15) is 12.1 Å². The molecule has 2 aromatic heterocycles. The lowest BCUT2D eigenvalue weighted by Crippen LogP contribution is -2.36. The van der Waals surface area contributed by atoms with Gasteiger partial charge in [0.25, 0.3) is 11.5 Å². The summed E-state index contributed by atoms with van der Waals surface area (Å²) in [6.07, 6.45) is 3.11. The number of aryl methyl sites for hydroxylation is 2. The lowest BCUT2D eigenvalue weighted by molar-refractivity contribution is -0.135. The van der Waals surface area contributed by atoms with Crippen LogP contribution in [0.2, 0.25) is 0 Å². The maximum atomic E-state index is 12.2. The van der Waals surface area contributed by atoms with Gasteiger partial charge in [0, 0.05) is 18.6 Å². The molecule has 0 aliphatic heterocycles. The van der Waals surface area contributed by atoms with Crippen LogP contribution < -0.4 is 10.9 Å². The van der Waals surface area contributed by atoms with E-state index >= 15 is 0 Å². The van der Waals surface area contributed by atoms with Gasteiger partial charge in [0.15, 0.2) is 0 Å². The number of nitrogens with one attached hydrogen (secondary N) is 1. The van der Waals surface area contributed by atoms with Gasteiger partial charge in [-0.15, -0.1) is 0 Å². The number of rotatable bonds is 3. The average molecular weight is 275 g/mol. The first-order valence-corrected chi connectivity index (χ1v) is 5.86.